The minimum Gasteiger partial charge on any atom is -0.456 e. The Morgan fingerprint density at radius 1 is 0.500 bits per heavy atom. The molecule has 0 aromatic heterocycles. The van der Waals surface area contributed by atoms with Crippen molar-refractivity contribution in [2.75, 3.05) is 40.9 Å². The van der Waals surface area contributed by atoms with Gasteiger partial charge in [0.25, 0.3) is 0 Å². The number of ether oxygens (including phenoxy) is 1. The molecular formula is C64H110N2O7P+. The number of carbonyl (C=O) groups is 2. The smallest absolute Gasteiger partial charge is 0.456 e. The van der Waals surface area contributed by atoms with Gasteiger partial charge in [-0.2, -0.15) is 0 Å². The van der Waals surface area contributed by atoms with Gasteiger partial charge in [-0.05, 0) is 89.5 Å². The van der Waals surface area contributed by atoms with E-state index in [2.05, 4.69) is 74.7 Å². The van der Waals surface area contributed by atoms with Crippen LogP contribution < -0.4 is 5.32 Å². The summed E-state index contributed by atoms with van der Waals surface area (Å²) in [5.74, 6) is -0.580. The first-order chi connectivity index (χ1) is 35.9. The van der Waals surface area contributed by atoms with Gasteiger partial charge >= 0.3 is 13.8 Å². The quantitative estimate of drug-likeness (QED) is 0.0156. The molecule has 0 heterocycles. The Kier molecular flexibility index (Phi) is 50.3. The number of likely N-dealkylation sites (N-methyl/N-ethyl adjacent to an activating group) is 1. The predicted molar refractivity (Wildman–Crippen MR) is 318 cm³/mol. The molecule has 2 N–H and O–H groups in total. The molecule has 0 rings (SSSR count). The molecule has 0 saturated heterocycles. The molecule has 0 aliphatic heterocycles. The summed E-state index contributed by atoms with van der Waals surface area (Å²) < 4.78 is 30.6. The summed E-state index contributed by atoms with van der Waals surface area (Å²) in [5, 5.41) is 3.03. The van der Waals surface area contributed by atoms with E-state index in [0.717, 1.165) is 103 Å². The van der Waals surface area contributed by atoms with Crippen molar-refractivity contribution < 1.29 is 37.3 Å². The zero-order valence-electron chi connectivity index (χ0n) is 48.0. The molecule has 422 valence electrons. The van der Waals surface area contributed by atoms with Crippen LogP contribution in [0.5, 0.6) is 0 Å². The van der Waals surface area contributed by atoms with Crippen LogP contribution in [0.25, 0.3) is 0 Å². The maximum absolute atomic E-state index is 13.5. The van der Waals surface area contributed by atoms with Crippen LogP contribution in [0, 0.1) is 0 Å². The number of hydrogen-bond donors (Lipinski definition) is 2. The van der Waals surface area contributed by atoms with Gasteiger partial charge in [-0.1, -0.05) is 239 Å². The second-order valence-electron chi connectivity index (χ2n) is 20.6. The third-order valence-corrected chi connectivity index (χ3v) is 13.3. The van der Waals surface area contributed by atoms with Crippen molar-refractivity contribution in [3.63, 3.8) is 0 Å². The maximum Gasteiger partial charge on any atom is 0.472 e. The predicted octanol–water partition coefficient (Wildman–Crippen LogP) is 17.9. The van der Waals surface area contributed by atoms with Crippen LogP contribution in [0.3, 0.4) is 0 Å². The normalized spacial score (nSPS) is 14.6. The number of quaternary nitrogens is 1. The summed E-state index contributed by atoms with van der Waals surface area (Å²) in [6.45, 7) is 6.77. The fourth-order valence-corrected chi connectivity index (χ4v) is 8.48. The van der Waals surface area contributed by atoms with Gasteiger partial charge in [0.2, 0.25) is 5.91 Å². The average Bonchev–Trinajstić information content (AvgIpc) is 3.36. The van der Waals surface area contributed by atoms with E-state index in [1.54, 1.807) is 0 Å². The van der Waals surface area contributed by atoms with Gasteiger partial charge in [0.1, 0.15) is 19.3 Å². The topological polar surface area (TPSA) is 111 Å². The van der Waals surface area contributed by atoms with E-state index in [1.165, 1.54) is 77.0 Å². The number of hydrogen-bond acceptors (Lipinski definition) is 6. The number of nitrogens with one attached hydrogen (secondary N) is 1. The molecule has 3 unspecified atom stereocenters. The standard InChI is InChI=1S/C64H109N2O7P/c1-7-10-13-16-19-22-25-28-30-32-33-35-36-38-41-44-47-50-53-56-63(67)65-61(60-72-74(69,70)71-59-58-66(4,5)6)62(55-52-49-46-43-40-27-24-21-18-15-12-9-3)73-64(68)57-54-51-48-45-42-39-37-34-31-29-26-23-20-17-14-11-8-2/h11,14,17,19-20,22-23,26,28-31,33-35,37,39,42,52,55,61-62H,7-10,12-13,15-16,18,21,24-25,27,32,36,38,40-41,43-51,53-54,56-60H2,1-6H3,(H-,65,67,69,70)/p+1/b14-11-,20-17+,22-19-,26-23+,30-28-,31-29-,35-33-,37-34+,42-39+,55-52+. The highest BCUT2D eigenvalue weighted by Crippen LogP contribution is 2.43. The van der Waals surface area contributed by atoms with Crippen molar-refractivity contribution in [2.24, 2.45) is 0 Å². The Labute approximate surface area is 454 Å². The molecule has 0 spiro atoms. The first-order valence-corrected chi connectivity index (χ1v) is 30.9. The summed E-state index contributed by atoms with van der Waals surface area (Å²) in [5.41, 5.74) is 0. The monoisotopic (exact) mass is 1050 g/mol. The Morgan fingerprint density at radius 2 is 0.919 bits per heavy atom. The lowest BCUT2D eigenvalue weighted by Crippen LogP contribution is -2.47. The second-order valence-corrected chi connectivity index (χ2v) is 22.0. The third-order valence-electron chi connectivity index (χ3n) is 12.3. The van der Waals surface area contributed by atoms with Crippen LogP contribution in [0.4, 0.5) is 0 Å². The number of carbonyl (C=O) groups excluding carboxylic acids is 2. The molecule has 1 amide bonds. The highest BCUT2D eigenvalue weighted by atomic mass is 31.2. The van der Waals surface area contributed by atoms with Crippen LogP contribution in [-0.2, 0) is 27.9 Å². The minimum absolute atomic E-state index is 0.0228. The first-order valence-electron chi connectivity index (χ1n) is 29.4. The lowest BCUT2D eigenvalue weighted by atomic mass is 10.0. The Hall–Kier alpha value is -3.59. The van der Waals surface area contributed by atoms with E-state index in [-0.39, 0.29) is 31.5 Å². The van der Waals surface area contributed by atoms with Gasteiger partial charge in [0.05, 0.1) is 33.8 Å². The average molecular weight is 1050 g/mol. The van der Waals surface area contributed by atoms with Gasteiger partial charge < -0.3 is 19.4 Å². The van der Waals surface area contributed by atoms with Gasteiger partial charge in [-0.15, -0.1) is 0 Å². The van der Waals surface area contributed by atoms with Crippen LogP contribution in [0.15, 0.2) is 122 Å². The molecule has 0 bridgehead atoms. The van der Waals surface area contributed by atoms with Crippen LogP contribution in [0.2, 0.25) is 0 Å². The van der Waals surface area contributed by atoms with E-state index >= 15 is 0 Å². The van der Waals surface area contributed by atoms with Gasteiger partial charge in [0, 0.05) is 12.8 Å². The number of phosphoric ester groups is 1. The molecule has 0 aromatic carbocycles. The van der Waals surface area contributed by atoms with Gasteiger partial charge in [-0.25, -0.2) is 4.57 Å². The van der Waals surface area contributed by atoms with E-state index in [1.807, 2.05) is 94.1 Å². The van der Waals surface area contributed by atoms with E-state index in [9.17, 15) is 19.0 Å². The molecule has 9 nitrogen and oxygen atoms in total. The van der Waals surface area contributed by atoms with Crippen molar-refractivity contribution in [1.29, 1.82) is 0 Å². The number of amides is 1. The lowest BCUT2D eigenvalue weighted by molar-refractivity contribution is -0.870. The van der Waals surface area contributed by atoms with Crippen LogP contribution >= 0.6 is 7.82 Å². The molecule has 0 fully saturated rings. The van der Waals surface area contributed by atoms with Crippen molar-refractivity contribution >= 4 is 19.7 Å². The number of esters is 1. The molecule has 0 aliphatic carbocycles. The third kappa shape index (κ3) is 53.2. The first kappa shape index (κ1) is 70.4. The zero-order chi connectivity index (χ0) is 54.3. The van der Waals surface area contributed by atoms with Crippen molar-refractivity contribution in [2.45, 2.75) is 232 Å². The largest absolute Gasteiger partial charge is 0.472 e. The molecule has 0 saturated carbocycles. The van der Waals surface area contributed by atoms with E-state index < -0.39 is 20.0 Å². The lowest BCUT2D eigenvalue weighted by Gasteiger charge is -2.27. The number of unbranched alkanes of at least 4 members (excludes halogenated alkanes) is 22. The highest BCUT2D eigenvalue weighted by Gasteiger charge is 2.30. The molecule has 74 heavy (non-hydrogen) atoms. The molecule has 10 heteroatoms. The highest BCUT2D eigenvalue weighted by molar-refractivity contribution is 7.47. The Morgan fingerprint density at radius 3 is 1.46 bits per heavy atom. The van der Waals surface area contributed by atoms with Crippen LogP contribution in [0.1, 0.15) is 220 Å². The molecular weight excluding hydrogens is 940 g/mol. The summed E-state index contributed by atoms with van der Waals surface area (Å²) in [6.07, 6.45) is 73.3. The fourth-order valence-electron chi connectivity index (χ4n) is 7.74. The van der Waals surface area contributed by atoms with E-state index in [0.29, 0.717) is 23.9 Å². The van der Waals surface area contributed by atoms with Gasteiger partial charge in [-0.3, -0.25) is 18.6 Å². The summed E-state index contributed by atoms with van der Waals surface area (Å²) in [4.78, 5) is 37.6. The fraction of sp³-hybridized carbons (Fsp3) is 0.656. The van der Waals surface area contributed by atoms with Crippen molar-refractivity contribution in [1.82, 2.24) is 5.32 Å². The maximum atomic E-state index is 13.5. The van der Waals surface area contributed by atoms with Gasteiger partial charge in [0.15, 0.2) is 0 Å². The number of nitrogens with zero attached hydrogens (tertiary/aromatic N) is 1. The Bertz CT molecular complexity index is 1680. The second kappa shape index (κ2) is 52.8. The number of allylic oxidation sites excluding steroid dienone is 19. The molecule has 3 atom stereocenters. The molecule has 0 aliphatic rings. The SMILES string of the molecule is CC\C=C/C=C/C=C/C=C\C=C\C=C\CCCCCC(=O)OC(/C=C/CCCCCCCCCCCC)C(COP(=O)(O)OCC[N+](C)(C)C)NC(=O)CCCCCCCC/C=C\C/C=C\C/C=C\CCCCC. The minimum atomic E-state index is -4.47. The molecule has 0 aromatic rings. The van der Waals surface area contributed by atoms with Crippen molar-refractivity contribution in [3.8, 4) is 0 Å². The number of phosphoric acid groups is 1. The zero-order valence-corrected chi connectivity index (χ0v) is 48.9. The molecule has 0 radical (unpaired) electrons. The summed E-state index contributed by atoms with van der Waals surface area (Å²) in [6, 6.07) is -0.882. The Balaban J connectivity index is 5.44. The van der Waals surface area contributed by atoms with Crippen molar-refractivity contribution in [3.05, 3.63) is 122 Å². The number of rotatable bonds is 51. The summed E-state index contributed by atoms with van der Waals surface area (Å²) in [7, 11) is 1.44. The van der Waals surface area contributed by atoms with Crippen LogP contribution in [-0.4, -0.2) is 74.3 Å². The van der Waals surface area contributed by atoms with E-state index in [4.69, 9.17) is 13.8 Å². The summed E-state index contributed by atoms with van der Waals surface area (Å²) >= 11 is 0.